The summed E-state index contributed by atoms with van der Waals surface area (Å²) in [5, 5.41) is 5.25. The first-order valence-electron chi connectivity index (χ1n) is 12.4. The van der Waals surface area contributed by atoms with Crippen molar-refractivity contribution in [1.29, 1.82) is 0 Å². The smallest absolute Gasteiger partial charge is 0.333 e. The molecule has 38 heavy (non-hydrogen) atoms. The first kappa shape index (κ1) is 25.6. The van der Waals surface area contributed by atoms with Gasteiger partial charge in [0.15, 0.2) is 5.78 Å². The summed E-state index contributed by atoms with van der Waals surface area (Å²) in [5.41, 5.74) is -0.343. The van der Waals surface area contributed by atoms with Crippen molar-refractivity contribution >= 4 is 35.4 Å². The number of ketones is 1. The van der Waals surface area contributed by atoms with Gasteiger partial charge in [0, 0.05) is 22.6 Å². The van der Waals surface area contributed by atoms with Crippen molar-refractivity contribution in [2.75, 3.05) is 14.2 Å². The van der Waals surface area contributed by atoms with Crippen LogP contribution in [0.3, 0.4) is 0 Å². The zero-order valence-corrected chi connectivity index (χ0v) is 21.4. The van der Waals surface area contributed by atoms with E-state index < -0.39 is 76.5 Å². The number of ether oxygens (including phenoxy) is 2. The highest BCUT2D eigenvalue weighted by Crippen LogP contribution is 2.59. The fourth-order valence-corrected chi connectivity index (χ4v) is 6.95. The Balaban J connectivity index is 1.73. The number of esters is 2. The van der Waals surface area contributed by atoms with Crippen LogP contribution in [0.1, 0.15) is 30.6 Å². The minimum absolute atomic E-state index is 0.0138. The molecule has 4 aliphatic rings. The predicted octanol–water partition coefficient (Wildman–Crippen LogP) is 1.12. The zero-order valence-electron chi connectivity index (χ0n) is 21.4. The fraction of sp³-hybridized carbons (Fsp3) is 0.429. The predicted molar refractivity (Wildman–Crippen MR) is 131 cm³/mol. The molecule has 1 saturated heterocycles. The molecule has 0 bridgehead atoms. The maximum Gasteiger partial charge on any atom is 0.333 e. The molecule has 198 valence electrons. The Labute approximate surface area is 218 Å². The molecule has 1 heterocycles. The van der Waals surface area contributed by atoms with E-state index >= 15 is 0 Å². The number of methoxy groups -OCH3 is 2. The summed E-state index contributed by atoms with van der Waals surface area (Å²) >= 11 is 0. The van der Waals surface area contributed by atoms with E-state index in [1.807, 2.05) is 0 Å². The Kier molecular flexibility index (Phi) is 6.08. The zero-order chi connectivity index (χ0) is 27.5. The van der Waals surface area contributed by atoms with Crippen LogP contribution in [-0.2, 0) is 33.4 Å². The van der Waals surface area contributed by atoms with Crippen LogP contribution in [0.25, 0.3) is 0 Å². The Bertz CT molecular complexity index is 1350. The van der Waals surface area contributed by atoms with Gasteiger partial charge in [-0.2, -0.15) is 0 Å². The molecule has 2 N–H and O–H groups in total. The maximum atomic E-state index is 14.2. The third-order valence-corrected chi connectivity index (χ3v) is 8.56. The number of carbonyl (C=O) groups excluding carboxylic acids is 6. The van der Waals surface area contributed by atoms with Gasteiger partial charge >= 0.3 is 11.9 Å². The normalized spacial score (nSPS) is 33.5. The quantitative estimate of drug-likeness (QED) is 0.444. The number of fused-ring (bicyclic) bond motifs is 2. The molecule has 0 aromatic heterocycles. The SMILES string of the molecule is COC(=O)C1=C[C@@H](C(=O)OC)C2C3=C(C(=O)[C@]2(C)NC(=O)c2ccccc2)[C@H](C)[C@@H]2C(=O)NC(=O)[C@@H]2[C@@H]3C1. The van der Waals surface area contributed by atoms with E-state index in [1.165, 1.54) is 20.3 Å². The lowest BCUT2D eigenvalue weighted by Gasteiger charge is -2.39. The van der Waals surface area contributed by atoms with E-state index in [9.17, 15) is 28.8 Å². The molecule has 7 atom stereocenters. The third-order valence-electron chi connectivity index (χ3n) is 8.56. The molecule has 1 aromatic rings. The van der Waals surface area contributed by atoms with Gasteiger partial charge in [-0.25, -0.2) is 4.79 Å². The number of hydrogen-bond donors (Lipinski definition) is 2. The van der Waals surface area contributed by atoms with Crippen molar-refractivity contribution in [2.45, 2.75) is 25.8 Å². The highest BCUT2D eigenvalue weighted by Gasteiger charge is 2.66. The van der Waals surface area contributed by atoms with Crippen LogP contribution in [-0.4, -0.2) is 55.2 Å². The van der Waals surface area contributed by atoms with Crippen LogP contribution in [0.4, 0.5) is 0 Å². The standard InChI is InChI=1S/C28H28N2O8/c1-12-17-19-15(20-18(12)24(33)29-25(20)34)10-14(26(35)37-3)11-16(27(36)38-4)21(19)28(2,22(17)31)30-23(32)13-8-6-5-7-9-13/h5-9,11-12,15-16,18,20-21H,10H2,1-4H3,(H,30,32)(H,29,33,34)/t12-,15+,16+,18-,20+,21?,28+/m0/s1. The minimum Gasteiger partial charge on any atom is -0.469 e. The lowest BCUT2D eigenvalue weighted by Crippen LogP contribution is -2.57. The van der Waals surface area contributed by atoms with Gasteiger partial charge in [0.2, 0.25) is 11.8 Å². The molecule has 0 radical (unpaired) electrons. The van der Waals surface area contributed by atoms with E-state index in [2.05, 4.69) is 10.6 Å². The number of Topliss-reactive ketones (excluding diaryl/α,β-unsaturated/α-hetero) is 1. The summed E-state index contributed by atoms with van der Waals surface area (Å²) in [4.78, 5) is 79.5. The van der Waals surface area contributed by atoms with Gasteiger partial charge in [0.05, 0.1) is 32.0 Å². The maximum absolute atomic E-state index is 14.2. The third kappa shape index (κ3) is 3.53. The first-order valence-corrected chi connectivity index (χ1v) is 12.4. The molecule has 10 nitrogen and oxygen atoms in total. The van der Waals surface area contributed by atoms with Crippen molar-refractivity contribution in [2.24, 2.45) is 35.5 Å². The van der Waals surface area contributed by atoms with E-state index in [0.717, 1.165) is 0 Å². The van der Waals surface area contributed by atoms with Crippen LogP contribution >= 0.6 is 0 Å². The summed E-state index contributed by atoms with van der Waals surface area (Å²) in [6.45, 7) is 3.26. The molecule has 3 aliphatic carbocycles. The summed E-state index contributed by atoms with van der Waals surface area (Å²) in [6.07, 6.45) is 1.41. The van der Waals surface area contributed by atoms with Crippen LogP contribution in [0.15, 0.2) is 53.1 Å². The molecule has 1 aromatic carbocycles. The molecular formula is C28H28N2O8. The summed E-state index contributed by atoms with van der Waals surface area (Å²) in [7, 11) is 2.41. The Morgan fingerprint density at radius 2 is 1.66 bits per heavy atom. The molecule has 0 saturated carbocycles. The van der Waals surface area contributed by atoms with Crippen molar-refractivity contribution in [3.05, 3.63) is 58.7 Å². The average molecular weight is 521 g/mol. The van der Waals surface area contributed by atoms with E-state index in [-0.39, 0.29) is 12.0 Å². The lowest BCUT2D eigenvalue weighted by molar-refractivity contribution is -0.146. The molecule has 3 amide bonds. The molecule has 1 unspecified atom stereocenters. The van der Waals surface area contributed by atoms with E-state index in [4.69, 9.17) is 9.47 Å². The number of carbonyl (C=O) groups is 6. The van der Waals surface area contributed by atoms with Crippen molar-refractivity contribution in [1.82, 2.24) is 10.6 Å². The van der Waals surface area contributed by atoms with E-state index in [0.29, 0.717) is 16.7 Å². The monoisotopic (exact) mass is 520 g/mol. The topological polar surface area (TPSA) is 145 Å². The number of hydrogen-bond acceptors (Lipinski definition) is 8. The number of imide groups is 1. The van der Waals surface area contributed by atoms with E-state index in [1.54, 1.807) is 44.2 Å². The van der Waals surface area contributed by atoms with Crippen molar-refractivity contribution in [3.8, 4) is 0 Å². The van der Waals surface area contributed by atoms with Gasteiger partial charge in [-0.3, -0.25) is 29.3 Å². The summed E-state index contributed by atoms with van der Waals surface area (Å²) in [6, 6.07) is 8.34. The van der Waals surface area contributed by atoms with Crippen LogP contribution < -0.4 is 10.6 Å². The van der Waals surface area contributed by atoms with Crippen molar-refractivity contribution < 1.29 is 38.2 Å². The molecule has 10 heteroatoms. The number of amides is 3. The minimum atomic E-state index is -1.62. The van der Waals surface area contributed by atoms with Crippen molar-refractivity contribution in [3.63, 3.8) is 0 Å². The largest absolute Gasteiger partial charge is 0.469 e. The first-order chi connectivity index (χ1) is 18.0. The summed E-state index contributed by atoms with van der Waals surface area (Å²) < 4.78 is 10.1. The number of rotatable bonds is 4. The lowest BCUT2D eigenvalue weighted by atomic mass is 9.62. The number of benzene rings is 1. The Hall–Kier alpha value is -4.08. The van der Waals surface area contributed by atoms with Crippen LogP contribution in [0.2, 0.25) is 0 Å². The summed E-state index contributed by atoms with van der Waals surface area (Å²) in [5.74, 6) is -8.46. The molecule has 1 fully saturated rings. The molecule has 0 spiro atoms. The van der Waals surface area contributed by atoms with Crippen LogP contribution in [0.5, 0.6) is 0 Å². The van der Waals surface area contributed by atoms with Gasteiger partial charge in [-0.1, -0.05) is 36.8 Å². The van der Waals surface area contributed by atoms with Crippen LogP contribution in [0, 0.1) is 35.5 Å². The van der Waals surface area contributed by atoms with Gasteiger partial charge in [-0.05, 0) is 37.3 Å². The Morgan fingerprint density at radius 1 is 1.00 bits per heavy atom. The second-order valence-corrected chi connectivity index (χ2v) is 10.4. The molecule has 1 aliphatic heterocycles. The molecular weight excluding hydrogens is 492 g/mol. The van der Waals surface area contributed by atoms with Gasteiger partial charge < -0.3 is 14.8 Å². The Morgan fingerprint density at radius 3 is 2.29 bits per heavy atom. The van der Waals surface area contributed by atoms with Gasteiger partial charge in [0.1, 0.15) is 5.54 Å². The molecule has 5 rings (SSSR count). The second kappa shape index (κ2) is 9.04. The fourth-order valence-electron chi connectivity index (χ4n) is 6.95. The highest BCUT2D eigenvalue weighted by atomic mass is 16.5. The van der Waals surface area contributed by atoms with Gasteiger partial charge in [0.25, 0.3) is 5.91 Å². The number of nitrogens with one attached hydrogen (secondary N) is 2. The van der Waals surface area contributed by atoms with Gasteiger partial charge in [-0.15, -0.1) is 0 Å². The second-order valence-electron chi connectivity index (χ2n) is 10.4. The average Bonchev–Trinajstić information content (AvgIpc) is 3.24. The highest BCUT2D eigenvalue weighted by molar-refractivity contribution is 6.14.